The second-order valence-electron chi connectivity index (χ2n) is 8.19. The molecule has 1 aromatic heterocycles. The molecule has 7 heteroatoms. The van der Waals surface area contributed by atoms with E-state index in [0.717, 1.165) is 49.6 Å². The summed E-state index contributed by atoms with van der Waals surface area (Å²) in [5.41, 5.74) is 1.07. The van der Waals surface area contributed by atoms with E-state index in [-0.39, 0.29) is 6.10 Å². The van der Waals surface area contributed by atoms with E-state index in [1.807, 2.05) is 0 Å². The Morgan fingerprint density at radius 3 is 2.70 bits per heavy atom. The van der Waals surface area contributed by atoms with Crippen LogP contribution in [0.5, 0.6) is 0 Å². The van der Waals surface area contributed by atoms with E-state index in [4.69, 9.17) is 14.7 Å². The quantitative estimate of drug-likeness (QED) is 0.751. The molecule has 7 nitrogen and oxygen atoms in total. The highest BCUT2D eigenvalue weighted by Gasteiger charge is 2.29. The molecule has 0 unspecified atom stereocenters. The Hall–Kier alpha value is -1.44. The van der Waals surface area contributed by atoms with E-state index < -0.39 is 0 Å². The maximum absolute atomic E-state index is 9.62. The van der Waals surface area contributed by atoms with Crippen LogP contribution in [0.15, 0.2) is 6.07 Å². The van der Waals surface area contributed by atoms with Gasteiger partial charge in [-0.1, -0.05) is 6.92 Å². The van der Waals surface area contributed by atoms with Gasteiger partial charge in [-0.3, -0.25) is 0 Å². The molecule has 1 atom stereocenters. The molecule has 2 N–H and O–H groups in total. The lowest BCUT2D eigenvalue weighted by Crippen LogP contribution is -2.51. The van der Waals surface area contributed by atoms with E-state index in [9.17, 15) is 5.11 Å². The number of ether oxygens (including phenoxy) is 1. The van der Waals surface area contributed by atoms with E-state index in [2.05, 4.69) is 28.1 Å². The van der Waals surface area contributed by atoms with Crippen LogP contribution in [-0.2, 0) is 4.74 Å². The van der Waals surface area contributed by atoms with Gasteiger partial charge < -0.3 is 25.0 Å². The third-order valence-electron chi connectivity index (χ3n) is 6.24. The first-order chi connectivity index (χ1) is 13.2. The molecule has 0 radical (unpaired) electrons. The van der Waals surface area contributed by atoms with Crippen LogP contribution in [-0.4, -0.2) is 78.6 Å². The van der Waals surface area contributed by atoms with Crippen molar-refractivity contribution in [2.24, 2.45) is 5.92 Å². The maximum atomic E-state index is 9.62. The summed E-state index contributed by atoms with van der Waals surface area (Å²) in [4.78, 5) is 14.1. The number of hydrogen-bond donors (Lipinski definition) is 2. The molecule has 3 fully saturated rings. The molecule has 3 saturated heterocycles. The highest BCUT2D eigenvalue weighted by molar-refractivity contribution is 5.46. The smallest absolute Gasteiger partial charge is 0.227 e. The lowest BCUT2D eigenvalue weighted by molar-refractivity contribution is 0.140. The molecule has 0 aliphatic carbocycles. The van der Waals surface area contributed by atoms with Crippen LogP contribution in [0.4, 0.5) is 11.8 Å². The first kappa shape index (κ1) is 18.9. The number of aliphatic hydroxyl groups excluding tert-OH is 1. The number of likely N-dealkylation sites (tertiary alicyclic amines) is 1. The van der Waals surface area contributed by atoms with Gasteiger partial charge in [-0.15, -0.1) is 0 Å². The Morgan fingerprint density at radius 1 is 1.22 bits per heavy atom. The Bertz CT molecular complexity index is 608. The topological polar surface area (TPSA) is 73.8 Å². The summed E-state index contributed by atoms with van der Waals surface area (Å²) in [5.74, 6) is 2.82. The van der Waals surface area contributed by atoms with Crippen LogP contribution in [0.25, 0.3) is 0 Å². The number of nitrogens with one attached hydrogen (secondary N) is 1. The molecular formula is C20H33N5O2. The summed E-state index contributed by atoms with van der Waals surface area (Å²) in [6.07, 6.45) is 4.58. The van der Waals surface area contributed by atoms with Crippen molar-refractivity contribution in [2.45, 2.75) is 44.6 Å². The van der Waals surface area contributed by atoms with E-state index in [0.29, 0.717) is 19.0 Å². The van der Waals surface area contributed by atoms with Crippen molar-refractivity contribution >= 4 is 11.8 Å². The van der Waals surface area contributed by atoms with E-state index in [1.54, 1.807) is 0 Å². The molecule has 27 heavy (non-hydrogen) atoms. The van der Waals surface area contributed by atoms with E-state index in [1.165, 1.54) is 38.9 Å². The first-order valence-electron chi connectivity index (χ1n) is 10.6. The average molecular weight is 376 g/mol. The van der Waals surface area contributed by atoms with Gasteiger partial charge in [0.2, 0.25) is 5.95 Å². The summed E-state index contributed by atoms with van der Waals surface area (Å²) in [7, 11) is 0. The Balaban J connectivity index is 1.36. The van der Waals surface area contributed by atoms with Crippen LogP contribution in [0.3, 0.4) is 0 Å². The van der Waals surface area contributed by atoms with Crippen molar-refractivity contribution < 1.29 is 9.84 Å². The molecule has 0 bridgehead atoms. The maximum Gasteiger partial charge on any atom is 0.227 e. The molecule has 3 aliphatic rings. The van der Waals surface area contributed by atoms with Gasteiger partial charge in [0, 0.05) is 38.2 Å². The number of rotatable bonds is 7. The number of aliphatic hydroxyl groups is 1. The number of β-amino-alcohol motifs (C(OH)–C–C–N with tert-alkyl or cyclic N) is 1. The monoisotopic (exact) mass is 375 g/mol. The molecule has 0 aromatic carbocycles. The molecule has 3 aliphatic heterocycles. The zero-order valence-electron chi connectivity index (χ0n) is 16.4. The normalized spacial score (nSPS) is 25.0. The van der Waals surface area contributed by atoms with Gasteiger partial charge in [0.1, 0.15) is 5.82 Å². The Kier molecular flexibility index (Phi) is 6.10. The zero-order valence-corrected chi connectivity index (χ0v) is 16.4. The SMILES string of the molecule is CCN1CCC(CCNc2cc([C@@H]3CCOC3)nc(N3CC(O)C3)n2)CC1. The lowest BCUT2D eigenvalue weighted by atomic mass is 9.93. The van der Waals surface area contributed by atoms with Gasteiger partial charge >= 0.3 is 0 Å². The molecule has 150 valence electrons. The number of hydrogen-bond acceptors (Lipinski definition) is 7. The number of piperidine rings is 1. The van der Waals surface area contributed by atoms with Crippen LogP contribution < -0.4 is 10.2 Å². The third-order valence-corrected chi connectivity index (χ3v) is 6.24. The summed E-state index contributed by atoms with van der Waals surface area (Å²) in [6, 6.07) is 2.10. The van der Waals surface area contributed by atoms with Crippen LogP contribution >= 0.6 is 0 Å². The molecule has 0 saturated carbocycles. The van der Waals surface area contributed by atoms with Crippen LogP contribution in [0.2, 0.25) is 0 Å². The molecule has 1 aromatic rings. The van der Waals surface area contributed by atoms with Crippen molar-refractivity contribution in [2.75, 3.05) is 62.7 Å². The number of nitrogens with zero attached hydrogens (tertiary/aromatic N) is 4. The Morgan fingerprint density at radius 2 is 2.04 bits per heavy atom. The highest BCUT2D eigenvalue weighted by Crippen LogP contribution is 2.28. The number of anilines is 2. The third kappa shape index (κ3) is 4.70. The van der Waals surface area contributed by atoms with Crippen molar-refractivity contribution in [3.05, 3.63) is 11.8 Å². The molecule has 0 spiro atoms. The summed E-state index contributed by atoms with van der Waals surface area (Å²) >= 11 is 0. The largest absolute Gasteiger partial charge is 0.389 e. The van der Waals surface area contributed by atoms with Crippen molar-refractivity contribution in [3.8, 4) is 0 Å². The number of aromatic nitrogens is 2. The van der Waals surface area contributed by atoms with Crippen LogP contribution in [0, 0.1) is 5.92 Å². The Labute approximate surface area is 162 Å². The summed E-state index contributed by atoms with van der Waals surface area (Å²) in [5, 5.41) is 13.2. The molecule has 0 amide bonds. The predicted octanol–water partition coefficient (Wildman–Crippen LogP) is 1.70. The standard InChI is InChI=1S/C20H33N5O2/c1-2-24-8-4-15(5-9-24)3-7-21-19-11-18(16-6-10-27-14-16)22-20(23-19)25-12-17(26)13-25/h11,15-17,26H,2-10,12-14H2,1H3,(H,21,22,23)/t16-/m1/s1. The van der Waals surface area contributed by atoms with Crippen molar-refractivity contribution in [1.82, 2.24) is 14.9 Å². The minimum Gasteiger partial charge on any atom is -0.389 e. The second-order valence-corrected chi connectivity index (χ2v) is 8.19. The predicted molar refractivity (Wildman–Crippen MR) is 106 cm³/mol. The van der Waals surface area contributed by atoms with Crippen molar-refractivity contribution in [1.29, 1.82) is 0 Å². The molecule has 4 rings (SSSR count). The highest BCUT2D eigenvalue weighted by atomic mass is 16.5. The van der Waals surface area contributed by atoms with E-state index >= 15 is 0 Å². The van der Waals surface area contributed by atoms with Gasteiger partial charge in [-0.2, -0.15) is 4.98 Å². The van der Waals surface area contributed by atoms with Gasteiger partial charge in [-0.25, -0.2) is 4.98 Å². The molecular weight excluding hydrogens is 342 g/mol. The summed E-state index contributed by atoms with van der Waals surface area (Å²) < 4.78 is 5.55. The van der Waals surface area contributed by atoms with Gasteiger partial charge in [0.25, 0.3) is 0 Å². The van der Waals surface area contributed by atoms with Crippen LogP contribution in [0.1, 0.15) is 44.2 Å². The fourth-order valence-corrected chi connectivity index (χ4v) is 4.28. The fraction of sp³-hybridized carbons (Fsp3) is 0.800. The molecule has 4 heterocycles. The minimum absolute atomic E-state index is 0.252. The lowest BCUT2D eigenvalue weighted by Gasteiger charge is -2.36. The fourth-order valence-electron chi connectivity index (χ4n) is 4.28. The van der Waals surface area contributed by atoms with Crippen molar-refractivity contribution in [3.63, 3.8) is 0 Å². The first-order valence-corrected chi connectivity index (χ1v) is 10.6. The zero-order chi connectivity index (χ0) is 18.6. The summed E-state index contributed by atoms with van der Waals surface area (Å²) in [6.45, 7) is 9.66. The minimum atomic E-state index is -0.252. The van der Waals surface area contributed by atoms with Gasteiger partial charge in [0.05, 0.1) is 18.4 Å². The van der Waals surface area contributed by atoms with Gasteiger partial charge in [0.15, 0.2) is 0 Å². The average Bonchev–Trinajstić information content (AvgIpc) is 3.21. The second kappa shape index (κ2) is 8.71. The van der Waals surface area contributed by atoms with Gasteiger partial charge in [-0.05, 0) is 51.2 Å².